The Labute approximate surface area is 155 Å². The number of benzene rings is 2. The molecule has 0 saturated carbocycles. The molecule has 1 amide bonds. The molecule has 0 saturated heterocycles. The molecule has 0 bridgehead atoms. The number of nitrogens with zero attached hydrogens (tertiary/aromatic N) is 2. The van der Waals surface area contributed by atoms with E-state index in [0.29, 0.717) is 27.5 Å². The first-order chi connectivity index (χ1) is 12.4. The number of hydrogen-bond donors (Lipinski definition) is 1. The van der Waals surface area contributed by atoms with Crippen LogP contribution in [0.3, 0.4) is 0 Å². The van der Waals surface area contributed by atoms with Crippen molar-refractivity contribution in [3.63, 3.8) is 0 Å². The lowest BCUT2D eigenvalue weighted by atomic mass is 10.1. The Morgan fingerprint density at radius 1 is 1.23 bits per heavy atom. The summed E-state index contributed by atoms with van der Waals surface area (Å²) in [7, 11) is 1.50. The number of carbonyl (C=O) groups excluding carboxylic acids is 1. The van der Waals surface area contributed by atoms with Crippen LogP contribution >= 0.6 is 11.6 Å². The van der Waals surface area contributed by atoms with Crippen molar-refractivity contribution in [1.29, 1.82) is 0 Å². The van der Waals surface area contributed by atoms with Gasteiger partial charge in [-0.2, -0.15) is 5.10 Å². The molecule has 3 rings (SSSR count). The van der Waals surface area contributed by atoms with Crippen molar-refractivity contribution in [2.24, 2.45) is 0 Å². The van der Waals surface area contributed by atoms with Gasteiger partial charge in [0.05, 0.1) is 23.9 Å². The minimum atomic E-state index is -0.380. The molecule has 134 valence electrons. The Morgan fingerprint density at radius 2 is 1.92 bits per heavy atom. The molecule has 7 heteroatoms. The van der Waals surface area contributed by atoms with Gasteiger partial charge in [-0.1, -0.05) is 29.8 Å². The average Bonchev–Trinajstić information content (AvgIpc) is 2.62. The first kappa shape index (κ1) is 17.9. The summed E-state index contributed by atoms with van der Waals surface area (Å²) in [5.41, 5.74) is 1.68. The van der Waals surface area contributed by atoms with Crippen LogP contribution in [0.25, 0.3) is 10.8 Å². The summed E-state index contributed by atoms with van der Waals surface area (Å²) in [5, 5.41) is 8.86. The predicted molar refractivity (Wildman–Crippen MR) is 102 cm³/mol. The maximum atomic E-state index is 12.6. The fraction of sp³-hybridized carbons (Fsp3) is 0.211. The Kier molecular flexibility index (Phi) is 4.95. The van der Waals surface area contributed by atoms with Crippen LogP contribution in [0.1, 0.15) is 11.3 Å². The lowest BCUT2D eigenvalue weighted by Crippen LogP contribution is -2.30. The second-order valence-electron chi connectivity index (χ2n) is 5.94. The first-order valence-electron chi connectivity index (χ1n) is 8.01. The van der Waals surface area contributed by atoms with Gasteiger partial charge in [0.15, 0.2) is 0 Å². The van der Waals surface area contributed by atoms with Gasteiger partial charge in [-0.15, -0.1) is 0 Å². The summed E-state index contributed by atoms with van der Waals surface area (Å²) < 4.78 is 6.42. The molecule has 0 radical (unpaired) electrons. The number of amides is 1. The fourth-order valence-electron chi connectivity index (χ4n) is 2.77. The van der Waals surface area contributed by atoms with E-state index in [1.807, 2.05) is 26.0 Å². The number of aromatic nitrogens is 2. The van der Waals surface area contributed by atoms with Crippen LogP contribution in [0.2, 0.25) is 5.02 Å². The van der Waals surface area contributed by atoms with Crippen LogP contribution < -0.4 is 15.6 Å². The summed E-state index contributed by atoms with van der Waals surface area (Å²) in [4.78, 5) is 25.0. The van der Waals surface area contributed by atoms with Gasteiger partial charge in [0, 0.05) is 16.5 Å². The Balaban J connectivity index is 1.90. The second-order valence-corrected chi connectivity index (χ2v) is 6.35. The normalized spacial score (nSPS) is 10.8. The van der Waals surface area contributed by atoms with Gasteiger partial charge >= 0.3 is 0 Å². The van der Waals surface area contributed by atoms with E-state index in [2.05, 4.69) is 10.4 Å². The van der Waals surface area contributed by atoms with Crippen LogP contribution in [-0.2, 0) is 11.3 Å². The topological polar surface area (TPSA) is 73.2 Å². The summed E-state index contributed by atoms with van der Waals surface area (Å²) >= 11 is 6.08. The summed E-state index contributed by atoms with van der Waals surface area (Å²) in [6.45, 7) is 3.44. The highest BCUT2D eigenvalue weighted by Gasteiger charge is 2.14. The van der Waals surface area contributed by atoms with Crippen molar-refractivity contribution >= 4 is 34.0 Å². The lowest BCUT2D eigenvalue weighted by Gasteiger charge is -2.13. The van der Waals surface area contributed by atoms with E-state index < -0.39 is 0 Å². The van der Waals surface area contributed by atoms with Gasteiger partial charge in [-0.3, -0.25) is 9.59 Å². The highest BCUT2D eigenvalue weighted by Crippen LogP contribution is 2.30. The number of carbonyl (C=O) groups is 1. The quantitative estimate of drug-likeness (QED) is 0.763. The van der Waals surface area contributed by atoms with Crippen molar-refractivity contribution in [2.45, 2.75) is 20.4 Å². The van der Waals surface area contributed by atoms with Crippen molar-refractivity contribution in [3.8, 4) is 5.75 Å². The number of nitrogens with one attached hydrogen (secondary N) is 1. The fourth-order valence-corrected chi connectivity index (χ4v) is 2.92. The molecule has 0 fully saturated rings. The van der Waals surface area contributed by atoms with E-state index in [1.165, 1.54) is 11.8 Å². The van der Waals surface area contributed by atoms with E-state index in [9.17, 15) is 9.59 Å². The molecule has 2 aromatic carbocycles. The largest absolute Gasteiger partial charge is 0.495 e. The van der Waals surface area contributed by atoms with Crippen LogP contribution in [0.4, 0.5) is 5.69 Å². The minimum absolute atomic E-state index is 0.199. The van der Waals surface area contributed by atoms with Crippen LogP contribution in [0.15, 0.2) is 41.2 Å². The van der Waals surface area contributed by atoms with Gasteiger partial charge in [0.1, 0.15) is 12.3 Å². The SMILES string of the molecule is COc1cc(Cl)c(C)cc1NC(=O)Cn1nc(C)c2ccccc2c1=O. The van der Waals surface area contributed by atoms with Gasteiger partial charge in [0.25, 0.3) is 5.56 Å². The molecule has 1 heterocycles. The van der Waals surface area contributed by atoms with Gasteiger partial charge < -0.3 is 10.1 Å². The van der Waals surface area contributed by atoms with Gasteiger partial charge in [0.2, 0.25) is 5.91 Å². The molecule has 26 heavy (non-hydrogen) atoms. The minimum Gasteiger partial charge on any atom is -0.495 e. The molecule has 6 nitrogen and oxygen atoms in total. The van der Waals surface area contributed by atoms with Crippen molar-refractivity contribution in [2.75, 3.05) is 12.4 Å². The molecule has 0 atom stereocenters. The molecule has 1 aromatic heterocycles. The number of anilines is 1. The number of rotatable bonds is 4. The molecule has 0 aliphatic heterocycles. The zero-order valence-electron chi connectivity index (χ0n) is 14.7. The first-order valence-corrected chi connectivity index (χ1v) is 8.39. The smallest absolute Gasteiger partial charge is 0.275 e. The number of methoxy groups -OCH3 is 1. The second kappa shape index (κ2) is 7.17. The van der Waals surface area contributed by atoms with Crippen LogP contribution in [-0.4, -0.2) is 22.8 Å². The maximum Gasteiger partial charge on any atom is 0.275 e. The molecule has 1 N–H and O–H groups in total. The van der Waals surface area contributed by atoms with E-state index in [-0.39, 0.29) is 18.0 Å². The van der Waals surface area contributed by atoms with E-state index >= 15 is 0 Å². The van der Waals surface area contributed by atoms with Crippen molar-refractivity contribution < 1.29 is 9.53 Å². The molecule has 0 aliphatic carbocycles. The standard InChI is InChI=1S/C19H18ClN3O3/c1-11-8-16(17(26-3)9-15(11)20)21-18(24)10-23-19(25)14-7-5-4-6-13(14)12(2)22-23/h4-9H,10H2,1-3H3,(H,21,24). The summed E-state index contributed by atoms with van der Waals surface area (Å²) in [6, 6.07) is 10.6. The molecule has 0 unspecified atom stereocenters. The molecular formula is C19H18ClN3O3. The summed E-state index contributed by atoms with van der Waals surface area (Å²) in [5.74, 6) is 0.0678. The average molecular weight is 372 g/mol. The van der Waals surface area contributed by atoms with Crippen LogP contribution in [0.5, 0.6) is 5.75 Å². The highest BCUT2D eigenvalue weighted by atomic mass is 35.5. The zero-order valence-corrected chi connectivity index (χ0v) is 15.4. The van der Waals surface area contributed by atoms with E-state index in [1.54, 1.807) is 24.3 Å². The van der Waals surface area contributed by atoms with Gasteiger partial charge in [-0.25, -0.2) is 4.68 Å². The zero-order chi connectivity index (χ0) is 18.8. The maximum absolute atomic E-state index is 12.6. The summed E-state index contributed by atoms with van der Waals surface area (Å²) in [6.07, 6.45) is 0. The Bertz CT molecular complexity index is 1060. The van der Waals surface area contributed by atoms with Crippen LogP contribution in [0, 0.1) is 13.8 Å². The van der Waals surface area contributed by atoms with E-state index in [4.69, 9.17) is 16.3 Å². The highest BCUT2D eigenvalue weighted by molar-refractivity contribution is 6.31. The number of hydrogen-bond acceptors (Lipinski definition) is 4. The monoisotopic (exact) mass is 371 g/mol. The molecule has 3 aromatic rings. The van der Waals surface area contributed by atoms with Crippen molar-refractivity contribution in [3.05, 3.63) is 63.0 Å². The molecular weight excluding hydrogens is 354 g/mol. The molecule has 0 aliphatic rings. The predicted octanol–water partition coefficient (Wildman–Crippen LogP) is 3.31. The number of fused-ring (bicyclic) bond motifs is 1. The Morgan fingerprint density at radius 3 is 2.62 bits per heavy atom. The molecule has 0 spiro atoms. The number of aryl methyl sites for hydroxylation is 2. The lowest BCUT2D eigenvalue weighted by molar-refractivity contribution is -0.117. The van der Waals surface area contributed by atoms with E-state index in [0.717, 1.165) is 10.9 Å². The van der Waals surface area contributed by atoms with Crippen molar-refractivity contribution in [1.82, 2.24) is 9.78 Å². The third kappa shape index (κ3) is 3.41. The van der Waals surface area contributed by atoms with Gasteiger partial charge in [-0.05, 0) is 31.5 Å². The third-order valence-electron chi connectivity index (χ3n) is 4.10. The number of halogens is 1. The number of ether oxygens (including phenoxy) is 1. The Hall–Kier alpha value is -2.86. The third-order valence-corrected chi connectivity index (χ3v) is 4.51.